The van der Waals surface area contributed by atoms with Crippen molar-refractivity contribution < 1.29 is 8.42 Å². The van der Waals surface area contributed by atoms with Crippen molar-refractivity contribution in [1.82, 2.24) is 9.29 Å². The number of para-hydroxylation sites is 1. The van der Waals surface area contributed by atoms with Gasteiger partial charge in [-0.3, -0.25) is 0 Å². The monoisotopic (exact) mass is 407 g/mol. The average Bonchev–Trinajstić information content (AvgIpc) is 3.25. The van der Waals surface area contributed by atoms with Crippen molar-refractivity contribution in [3.8, 4) is 0 Å². The molecule has 1 aromatic heterocycles. The Kier molecular flexibility index (Phi) is 5.39. The van der Waals surface area contributed by atoms with E-state index in [1.165, 1.54) is 0 Å². The van der Waals surface area contributed by atoms with E-state index in [0.29, 0.717) is 11.4 Å². The topological polar surface area (TPSA) is 53.5 Å². The zero-order valence-electron chi connectivity index (χ0n) is 16.7. The Morgan fingerprint density at radius 2 is 1.72 bits per heavy atom. The molecule has 4 rings (SSSR count). The largest absolute Gasteiger partial charge is 0.329 e. The van der Waals surface area contributed by atoms with Crippen LogP contribution in [0, 0.1) is 6.92 Å². The molecule has 5 nitrogen and oxygen atoms in total. The molecule has 1 atom stereocenters. The molecule has 2 aromatic carbocycles. The zero-order chi connectivity index (χ0) is 20.4. The van der Waals surface area contributed by atoms with Crippen molar-refractivity contribution in [3.05, 3.63) is 84.1 Å². The van der Waals surface area contributed by atoms with Crippen LogP contribution in [-0.2, 0) is 10.0 Å². The van der Waals surface area contributed by atoms with E-state index < -0.39 is 10.0 Å². The lowest BCUT2D eigenvalue weighted by Gasteiger charge is -2.28. The van der Waals surface area contributed by atoms with E-state index in [1.54, 1.807) is 22.6 Å². The number of hydrogen-bond donors (Lipinski definition) is 0. The third-order valence-corrected chi connectivity index (χ3v) is 7.39. The fraction of sp³-hybridized carbons (Fsp3) is 0.261. The van der Waals surface area contributed by atoms with Crippen molar-refractivity contribution in [1.29, 1.82) is 0 Å². The number of rotatable bonds is 5. The summed E-state index contributed by atoms with van der Waals surface area (Å²) < 4.78 is 28.4. The van der Waals surface area contributed by atoms with Crippen LogP contribution in [0.5, 0.6) is 0 Å². The lowest BCUT2D eigenvalue weighted by atomic mass is 10.1. The van der Waals surface area contributed by atoms with Gasteiger partial charge in [-0.05, 0) is 50.1 Å². The highest BCUT2D eigenvalue weighted by atomic mass is 32.2. The van der Waals surface area contributed by atoms with Gasteiger partial charge in [0.05, 0.1) is 10.9 Å². The molecule has 2 heterocycles. The molecule has 3 aromatic rings. The van der Waals surface area contributed by atoms with Crippen LogP contribution in [0.1, 0.15) is 30.0 Å². The van der Waals surface area contributed by atoms with Gasteiger partial charge in [0.15, 0.2) is 0 Å². The molecule has 0 saturated carbocycles. The molecule has 0 spiro atoms. The number of benzene rings is 2. The predicted molar refractivity (Wildman–Crippen MR) is 116 cm³/mol. The quantitative estimate of drug-likeness (QED) is 0.616. The van der Waals surface area contributed by atoms with Gasteiger partial charge in [-0.25, -0.2) is 13.4 Å². The minimum atomic E-state index is -3.57. The highest BCUT2D eigenvalue weighted by molar-refractivity contribution is 7.89. The third-order valence-electron chi connectivity index (χ3n) is 5.47. The van der Waals surface area contributed by atoms with Crippen LogP contribution in [0.2, 0.25) is 0 Å². The molecular weight excluding hydrogens is 382 g/mol. The number of pyridine rings is 1. The number of aromatic nitrogens is 1. The Balaban J connectivity index is 1.72. The third kappa shape index (κ3) is 3.78. The number of aryl methyl sites for hydroxylation is 1. The van der Waals surface area contributed by atoms with Gasteiger partial charge in [-0.15, -0.1) is 0 Å². The van der Waals surface area contributed by atoms with Crippen LogP contribution >= 0.6 is 0 Å². The molecular formula is C23H25N3O2S. The second-order valence-electron chi connectivity index (χ2n) is 7.40. The SMILES string of the molecule is Cc1ccc(S(=O)(=O)N2CCC[C@H]2c2cccnc2N(C)c2ccccc2)cc1. The highest BCUT2D eigenvalue weighted by Gasteiger charge is 2.37. The summed E-state index contributed by atoms with van der Waals surface area (Å²) >= 11 is 0. The van der Waals surface area contributed by atoms with Crippen LogP contribution in [0.25, 0.3) is 0 Å². The van der Waals surface area contributed by atoms with Gasteiger partial charge in [-0.1, -0.05) is 42.0 Å². The minimum absolute atomic E-state index is 0.226. The molecule has 1 saturated heterocycles. The summed E-state index contributed by atoms with van der Waals surface area (Å²) in [6.07, 6.45) is 3.37. The average molecular weight is 408 g/mol. The van der Waals surface area contributed by atoms with Crippen molar-refractivity contribution >= 4 is 21.5 Å². The summed E-state index contributed by atoms with van der Waals surface area (Å²) in [6.45, 7) is 2.47. The van der Waals surface area contributed by atoms with E-state index in [2.05, 4.69) is 4.98 Å². The van der Waals surface area contributed by atoms with Crippen LogP contribution in [-0.4, -0.2) is 31.3 Å². The number of anilines is 2. The van der Waals surface area contributed by atoms with Gasteiger partial charge < -0.3 is 4.90 Å². The minimum Gasteiger partial charge on any atom is -0.329 e. The van der Waals surface area contributed by atoms with Crippen molar-refractivity contribution in [3.63, 3.8) is 0 Å². The normalized spacial score (nSPS) is 17.4. The van der Waals surface area contributed by atoms with E-state index in [-0.39, 0.29) is 6.04 Å². The molecule has 150 valence electrons. The van der Waals surface area contributed by atoms with Gasteiger partial charge in [0.25, 0.3) is 0 Å². The van der Waals surface area contributed by atoms with E-state index in [1.807, 2.05) is 73.5 Å². The first-order valence-electron chi connectivity index (χ1n) is 9.81. The molecule has 6 heteroatoms. The maximum absolute atomic E-state index is 13.4. The first kappa shape index (κ1) is 19.6. The summed E-state index contributed by atoms with van der Waals surface area (Å²) in [6, 6.07) is 20.7. The smallest absolute Gasteiger partial charge is 0.243 e. The molecule has 0 N–H and O–H groups in total. The van der Waals surface area contributed by atoms with Crippen LogP contribution in [0.15, 0.2) is 77.8 Å². The number of nitrogens with zero attached hydrogens (tertiary/aromatic N) is 3. The Bertz CT molecular complexity index is 1080. The first-order valence-corrected chi connectivity index (χ1v) is 11.2. The predicted octanol–water partition coefficient (Wildman–Crippen LogP) is 4.68. The summed E-state index contributed by atoms with van der Waals surface area (Å²) in [4.78, 5) is 6.97. The van der Waals surface area contributed by atoms with E-state index in [4.69, 9.17) is 0 Å². The lowest BCUT2D eigenvalue weighted by Crippen LogP contribution is -2.31. The molecule has 1 aliphatic rings. The zero-order valence-corrected chi connectivity index (χ0v) is 17.5. The summed E-state index contributed by atoms with van der Waals surface area (Å²) in [5.74, 6) is 0.787. The molecule has 0 aliphatic carbocycles. The maximum Gasteiger partial charge on any atom is 0.243 e. The molecule has 0 radical (unpaired) electrons. The standard InChI is InChI=1S/C23H25N3O2S/c1-18-12-14-20(15-13-18)29(27,28)26-17-7-11-22(26)21-10-6-16-24-23(21)25(2)19-8-4-3-5-9-19/h3-6,8-10,12-16,22H,7,11,17H2,1-2H3/t22-/m0/s1. The second-order valence-corrected chi connectivity index (χ2v) is 9.29. The number of sulfonamides is 1. The van der Waals surface area contributed by atoms with Crippen molar-refractivity contribution in [2.45, 2.75) is 30.7 Å². The van der Waals surface area contributed by atoms with Gasteiger partial charge in [0, 0.05) is 31.0 Å². The Hall–Kier alpha value is -2.70. The summed E-state index contributed by atoms with van der Waals surface area (Å²) in [5, 5.41) is 0. The van der Waals surface area contributed by atoms with Crippen molar-refractivity contribution in [2.75, 3.05) is 18.5 Å². The summed E-state index contributed by atoms with van der Waals surface area (Å²) in [7, 11) is -1.61. The maximum atomic E-state index is 13.4. The Labute approximate surface area is 172 Å². The van der Waals surface area contributed by atoms with Gasteiger partial charge in [0.1, 0.15) is 5.82 Å². The first-order chi connectivity index (χ1) is 14.0. The molecule has 0 amide bonds. The van der Waals surface area contributed by atoms with E-state index in [9.17, 15) is 8.42 Å². The molecule has 0 bridgehead atoms. The fourth-order valence-corrected chi connectivity index (χ4v) is 5.58. The van der Waals surface area contributed by atoms with Crippen LogP contribution in [0.4, 0.5) is 11.5 Å². The molecule has 29 heavy (non-hydrogen) atoms. The Morgan fingerprint density at radius 1 is 1.00 bits per heavy atom. The van der Waals surface area contributed by atoms with E-state index in [0.717, 1.165) is 35.5 Å². The lowest BCUT2D eigenvalue weighted by molar-refractivity contribution is 0.396. The summed E-state index contributed by atoms with van der Waals surface area (Å²) in [5.41, 5.74) is 2.99. The van der Waals surface area contributed by atoms with Gasteiger partial charge in [-0.2, -0.15) is 4.31 Å². The Morgan fingerprint density at radius 3 is 2.45 bits per heavy atom. The number of hydrogen-bond acceptors (Lipinski definition) is 4. The van der Waals surface area contributed by atoms with Crippen LogP contribution < -0.4 is 4.90 Å². The van der Waals surface area contributed by atoms with Crippen molar-refractivity contribution in [2.24, 2.45) is 0 Å². The van der Waals surface area contributed by atoms with Crippen LogP contribution in [0.3, 0.4) is 0 Å². The van der Waals surface area contributed by atoms with E-state index >= 15 is 0 Å². The molecule has 0 unspecified atom stereocenters. The molecule has 1 fully saturated rings. The molecule has 1 aliphatic heterocycles. The second kappa shape index (κ2) is 7.97. The van der Waals surface area contributed by atoms with Gasteiger partial charge in [0.2, 0.25) is 10.0 Å². The van der Waals surface area contributed by atoms with Gasteiger partial charge >= 0.3 is 0 Å². The fourth-order valence-electron chi connectivity index (χ4n) is 3.91. The highest BCUT2D eigenvalue weighted by Crippen LogP contribution is 2.40.